The third-order valence-electron chi connectivity index (χ3n) is 9.42. The van der Waals surface area contributed by atoms with Crippen molar-refractivity contribution in [3.8, 4) is 33.4 Å². The minimum Gasteiger partial charge on any atom is -0.310 e. The molecule has 0 aliphatic rings. The topological polar surface area (TPSA) is 6.48 Å². The van der Waals surface area contributed by atoms with Gasteiger partial charge in [0.2, 0.25) is 0 Å². The van der Waals surface area contributed by atoms with Crippen LogP contribution in [0.4, 0.5) is 34.1 Å². The molecular formula is C49H37BrN2. The van der Waals surface area contributed by atoms with Crippen molar-refractivity contribution in [3.63, 3.8) is 0 Å². The Morgan fingerprint density at radius 2 is 0.635 bits per heavy atom. The van der Waals surface area contributed by atoms with Crippen LogP contribution in [-0.4, -0.2) is 0 Å². The number of benzene rings is 8. The van der Waals surface area contributed by atoms with E-state index in [2.05, 4.69) is 239 Å². The van der Waals surface area contributed by atoms with Crippen LogP contribution < -0.4 is 9.80 Å². The van der Waals surface area contributed by atoms with Gasteiger partial charge in [0, 0.05) is 38.3 Å². The molecule has 0 N–H and O–H groups in total. The van der Waals surface area contributed by atoms with Gasteiger partial charge in [0.05, 0.1) is 11.4 Å². The number of hydrogen-bond acceptors (Lipinski definition) is 2. The maximum absolute atomic E-state index is 3.63. The molecule has 0 saturated heterocycles. The van der Waals surface area contributed by atoms with E-state index in [9.17, 15) is 0 Å². The Morgan fingerprint density at radius 3 is 1.04 bits per heavy atom. The molecule has 0 atom stereocenters. The second kappa shape index (κ2) is 15.0. The Morgan fingerprint density at radius 1 is 0.308 bits per heavy atom. The van der Waals surface area contributed by atoms with Crippen LogP contribution in [0.2, 0.25) is 0 Å². The van der Waals surface area contributed by atoms with Gasteiger partial charge >= 0.3 is 0 Å². The second-order valence-electron chi connectivity index (χ2n) is 12.8. The zero-order valence-electron chi connectivity index (χ0n) is 28.9. The summed E-state index contributed by atoms with van der Waals surface area (Å²) in [5, 5.41) is 0. The third-order valence-corrected chi connectivity index (χ3v) is 9.95. The molecule has 0 amide bonds. The lowest BCUT2D eigenvalue weighted by Crippen LogP contribution is -2.11. The molecule has 0 aliphatic carbocycles. The molecule has 250 valence electrons. The van der Waals surface area contributed by atoms with Crippen LogP contribution in [0.1, 0.15) is 5.56 Å². The summed E-state index contributed by atoms with van der Waals surface area (Å²) in [6.07, 6.45) is 0. The van der Waals surface area contributed by atoms with Crippen molar-refractivity contribution >= 4 is 50.1 Å². The standard InChI is InChI=1S/C49H37BrN2/c1-36-20-28-42(29-21-36)51(48-18-10-8-16-46(48)39-12-4-2-5-13-39)43-30-22-37(23-31-43)38-24-32-44(33-25-38)52(45-34-26-41(50)27-35-45)49-19-11-9-17-47(49)40-14-6-3-7-15-40/h2-35H,1H3. The molecule has 0 radical (unpaired) electrons. The Labute approximate surface area is 315 Å². The molecule has 0 heterocycles. The van der Waals surface area contributed by atoms with Crippen LogP contribution in [0, 0.1) is 6.92 Å². The van der Waals surface area contributed by atoms with Crippen LogP contribution in [0.25, 0.3) is 33.4 Å². The first-order chi connectivity index (χ1) is 25.6. The molecule has 8 aromatic carbocycles. The molecule has 0 spiro atoms. The highest BCUT2D eigenvalue weighted by Gasteiger charge is 2.19. The Hall–Kier alpha value is -6.16. The summed E-state index contributed by atoms with van der Waals surface area (Å²) in [6, 6.07) is 73.6. The van der Waals surface area contributed by atoms with Crippen molar-refractivity contribution in [2.75, 3.05) is 9.80 Å². The number of halogens is 1. The summed E-state index contributed by atoms with van der Waals surface area (Å²) in [6.45, 7) is 2.13. The fraction of sp³-hybridized carbons (Fsp3) is 0.0204. The summed E-state index contributed by atoms with van der Waals surface area (Å²) >= 11 is 3.63. The van der Waals surface area contributed by atoms with E-state index in [1.54, 1.807) is 0 Å². The average Bonchev–Trinajstić information content (AvgIpc) is 3.21. The molecule has 2 nitrogen and oxygen atoms in total. The van der Waals surface area contributed by atoms with Gasteiger partial charge in [-0.05, 0) is 102 Å². The molecule has 0 aliphatic heterocycles. The molecule has 52 heavy (non-hydrogen) atoms. The summed E-state index contributed by atoms with van der Waals surface area (Å²) < 4.78 is 1.05. The van der Waals surface area contributed by atoms with Crippen molar-refractivity contribution in [2.24, 2.45) is 0 Å². The van der Waals surface area contributed by atoms with Gasteiger partial charge in [0.15, 0.2) is 0 Å². The Bertz CT molecular complexity index is 2210. The van der Waals surface area contributed by atoms with Gasteiger partial charge in [0.1, 0.15) is 0 Å². The smallest absolute Gasteiger partial charge is 0.0540 e. The molecule has 0 fully saturated rings. The van der Waals surface area contributed by atoms with Gasteiger partial charge in [-0.2, -0.15) is 0 Å². The predicted molar refractivity (Wildman–Crippen MR) is 225 cm³/mol. The molecule has 0 saturated carbocycles. The Kier molecular flexibility index (Phi) is 9.51. The first-order valence-electron chi connectivity index (χ1n) is 17.5. The zero-order valence-corrected chi connectivity index (χ0v) is 30.5. The summed E-state index contributed by atoms with van der Waals surface area (Å²) in [7, 11) is 0. The minimum absolute atomic E-state index is 1.05. The fourth-order valence-corrected chi connectivity index (χ4v) is 7.07. The lowest BCUT2D eigenvalue weighted by atomic mass is 10.00. The van der Waals surface area contributed by atoms with Crippen molar-refractivity contribution in [3.05, 3.63) is 216 Å². The number of aryl methyl sites for hydroxylation is 1. The van der Waals surface area contributed by atoms with Crippen LogP contribution >= 0.6 is 15.9 Å². The van der Waals surface area contributed by atoms with E-state index in [-0.39, 0.29) is 0 Å². The maximum atomic E-state index is 3.63. The van der Waals surface area contributed by atoms with Gasteiger partial charge in [0.25, 0.3) is 0 Å². The van der Waals surface area contributed by atoms with Crippen LogP contribution in [0.3, 0.4) is 0 Å². The van der Waals surface area contributed by atoms with Crippen LogP contribution in [0.5, 0.6) is 0 Å². The first-order valence-corrected chi connectivity index (χ1v) is 18.3. The van der Waals surface area contributed by atoms with Crippen molar-refractivity contribution < 1.29 is 0 Å². The quantitative estimate of drug-likeness (QED) is 0.146. The number of nitrogens with zero attached hydrogens (tertiary/aromatic N) is 2. The van der Waals surface area contributed by atoms with Crippen molar-refractivity contribution in [1.29, 1.82) is 0 Å². The highest BCUT2D eigenvalue weighted by atomic mass is 79.9. The van der Waals surface area contributed by atoms with E-state index in [0.717, 1.165) is 49.7 Å². The lowest BCUT2D eigenvalue weighted by Gasteiger charge is -2.28. The average molecular weight is 734 g/mol. The number of hydrogen-bond donors (Lipinski definition) is 0. The fourth-order valence-electron chi connectivity index (χ4n) is 6.81. The van der Waals surface area contributed by atoms with E-state index < -0.39 is 0 Å². The van der Waals surface area contributed by atoms with E-state index in [0.29, 0.717) is 0 Å². The second-order valence-corrected chi connectivity index (χ2v) is 13.8. The van der Waals surface area contributed by atoms with Crippen molar-refractivity contribution in [2.45, 2.75) is 6.92 Å². The van der Waals surface area contributed by atoms with Gasteiger partial charge in [-0.3, -0.25) is 0 Å². The molecule has 0 aromatic heterocycles. The highest BCUT2D eigenvalue weighted by Crippen LogP contribution is 2.43. The molecular weight excluding hydrogens is 696 g/mol. The Balaban J connectivity index is 1.16. The van der Waals surface area contributed by atoms with E-state index in [1.165, 1.54) is 27.8 Å². The van der Waals surface area contributed by atoms with Gasteiger partial charge in [-0.1, -0.05) is 155 Å². The molecule has 0 bridgehead atoms. The minimum atomic E-state index is 1.05. The van der Waals surface area contributed by atoms with Crippen LogP contribution in [0.15, 0.2) is 211 Å². The zero-order chi connectivity index (χ0) is 35.3. The van der Waals surface area contributed by atoms with E-state index in [1.807, 2.05) is 0 Å². The first kappa shape index (κ1) is 33.0. The molecule has 8 rings (SSSR count). The van der Waals surface area contributed by atoms with Gasteiger partial charge < -0.3 is 9.80 Å². The maximum Gasteiger partial charge on any atom is 0.0540 e. The SMILES string of the molecule is Cc1ccc(N(c2ccc(-c3ccc(N(c4ccc(Br)cc4)c4ccccc4-c4ccccc4)cc3)cc2)c2ccccc2-c2ccccc2)cc1. The summed E-state index contributed by atoms with van der Waals surface area (Å²) in [5.74, 6) is 0. The monoisotopic (exact) mass is 732 g/mol. The van der Waals surface area contributed by atoms with Gasteiger partial charge in [-0.15, -0.1) is 0 Å². The largest absolute Gasteiger partial charge is 0.310 e. The predicted octanol–water partition coefficient (Wildman–Crippen LogP) is 14.7. The summed E-state index contributed by atoms with van der Waals surface area (Å²) in [5.41, 5.74) is 15.0. The molecule has 3 heteroatoms. The van der Waals surface area contributed by atoms with E-state index >= 15 is 0 Å². The molecule has 0 unspecified atom stereocenters. The lowest BCUT2D eigenvalue weighted by molar-refractivity contribution is 1.27. The summed E-state index contributed by atoms with van der Waals surface area (Å²) in [4.78, 5) is 4.69. The number of rotatable bonds is 9. The highest BCUT2D eigenvalue weighted by molar-refractivity contribution is 9.10. The van der Waals surface area contributed by atoms with E-state index in [4.69, 9.17) is 0 Å². The van der Waals surface area contributed by atoms with Crippen LogP contribution in [-0.2, 0) is 0 Å². The number of anilines is 6. The number of para-hydroxylation sites is 2. The van der Waals surface area contributed by atoms with Gasteiger partial charge in [-0.25, -0.2) is 0 Å². The molecule has 8 aromatic rings. The van der Waals surface area contributed by atoms with Crippen molar-refractivity contribution in [1.82, 2.24) is 0 Å². The third kappa shape index (κ3) is 6.92. The normalized spacial score (nSPS) is 10.9.